The van der Waals surface area contributed by atoms with Gasteiger partial charge in [-0.3, -0.25) is 4.72 Å². The quantitative estimate of drug-likeness (QED) is 0.895. The van der Waals surface area contributed by atoms with Crippen LogP contribution in [-0.2, 0) is 19.9 Å². The van der Waals surface area contributed by atoms with Crippen LogP contribution in [0.3, 0.4) is 0 Å². The lowest BCUT2D eigenvalue weighted by Crippen LogP contribution is -2.15. The SMILES string of the molecule is CCS(=O)(=O)Nc1cc(S(C)(=O)=O)ccc1C. The molecule has 96 valence electrons. The van der Waals surface area contributed by atoms with Gasteiger partial charge in [0.1, 0.15) is 0 Å². The maximum Gasteiger partial charge on any atom is 0.232 e. The lowest BCUT2D eigenvalue weighted by atomic mass is 10.2. The summed E-state index contributed by atoms with van der Waals surface area (Å²) in [6, 6.07) is 4.36. The molecule has 0 unspecified atom stereocenters. The van der Waals surface area contributed by atoms with Crippen LogP contribution in [0.4, 0.5) is 5.69 Å². The third kappa shape index (κ3) is 3.71. The highest BCUT2D eigenvalue weighted by Gasteiger charge is 2.13. The van der Waals surface area contributed by atoms with Gasteiger partial charge >= 0.3 is 0 Å². The van der Waals surface area contributed by atoms with Gasteiger partial charge in [-0.05, 0) is 31.5 Å². The summed E-state index contributed by atoms with van der Waals surface area (Å²) < 4.78 is 47.9. The van der Waals surface area contributed by atoms with Crippen LogP contribution < -0.4 is 4.72 Å². The summed E-state index contributed by atoms with van der Waals surface area (Å²) in [7, 11) is -6.74. The van der Waals surface area contributed by atoms with Crippen molar-refractivity contribution in [2.45, 2.75) is 18.7 Å². The van der Waals surface area contributed by atoms with Gasteiger partial charge in [0.15, 0.2) is 9.84 Å². The zero-order chi connectivity index (χ0) is 13.3. The molecular weight excluding hydrogens is 262 g/mol. The van der Waals surface area contributed by atoms with E-state index in [0.717, 1.165) is 6.26 Å². The fraction of sp³-hybridized carbons (Fsp3) is 0.400. The van der Waals surface area contributed by atoms with Crippen LogP contribution in [0.1, 0.15) is 12.5 Å². The van der Waals surface area contributed by atoms with Crippen molar-refractivity contribution in [3.8, 4) is 0 Å². The van der Waals surface area contributed by atoms with E-state index in [4.69, 9.17) is 0 Å². The number of benzene rings is 1. The van der Waals surface area contributed by atoms with E-state index in [1.165, 1.54) is 19.1 Å². The van der Waals surface area contributed by atoms with Crippen molar-refractivity contribution in [1.82, 2.24) is 0 Å². The molecule has 0 aliphatic rings. The molecule has 0 atom stereocenters. The molecule has 0 bridgehead atoms. The van der Waals surface area contributed by atoms with Crippen LogP contribution >= 0.6 is 0 Å². The Morgan fingerprint density at radius 1 is 1.18 bits per heavy atom. The highest BCUT2D eigenvalue weighted by atomic mass is 32.2. The molecule has 0 aliphatic carbocycles. The van der Waals surface area contributed by atoms with Gasteiger partial charge in [-0.15, -0.1) is 0 Å². The highest BCUT2D eigenvalue weighted by molar-refractivity contribution is 7.92. The van der Waals surface area contributed by atoms with Crippen LogP contribution in [0.15, 0.2) is 23.1 Å². The Morgan fingerprint density at radius 3 is 2.24 bits per heavy atom. The molecule has 0 aromatic heterocycles. The third-order valence-corrected chi connectivity index (χ3v) is 4.68. The van der Waals surface area contributed by atoms with Crippen LogP contribution in [0.2, 0.25) is 0 Å². The van der Waals surface area contributed by atoms with Crippen molar-refractivity contribution in [1.29, 1.82) is 0 Å². The number of nitrogens with one attached hydrogen (secondary N) is 1. The van der Waals surface area contributed by atoms with E-state index in [2.05, 4.69) is 4.72 Å². The average Bonchev–Trinajstić information content (AvgIpc) is 2.19. The third-order valence-electron chi connectivity index (χ3n) is 2.28. The second kappa shape index (κ2) is 4.66. The number of anilines is 1. The van der Waals surface area contributed by atoms with E-state index in [-0.39, 0.29) is 10.6 Å². The number of rotatable bonds is 4. The number of hydrogen-bond acceptors (Lipinski definition) is 4. The minimum Gasteiger partial charge on any atom is -0.283 e. The smallest absolute Gasteiger partial charge is 0.232 e. The lowest BCUT2D eigenvalue weighted by molar-refractivity contribution is 0.599. The summed E-state index contributed by atoms with van der Waals surface area (Å²) in [6.07, 6.45) is 1.08. The maximum absolute atomic E-state index is 11.4. The van der Waals surface area contributed by atoms with Gasteiger partial charge in [0.05, 0.1) is 16.3 Å². The van der Waals surface area contributed by atoms with Gasteiger partial charge in [0.2, 0.25) is 10.0 Å². The molecule has 1 rings (SSSR count). The molecular formula is C10H15NO4S2. The van der Waals surface area contributed by atoms with Gasteiger partial charge in [0.25, 0.3) is 0 Å². The molecule has 0 saturated carbocycles. The number of sulfone groups is 1. The predicted molar refractivity (Wildman–Crippen MR) is 67.4 cm³/mol. The Hall–Kier alpha value is -1.08. The van der Waals surface area contributed by atoms with E-state index >= 15 is 0 Å². The molecule has 17 heavy (non-hydrogen) atoms. The largest absolute Gasteiger partial charge is 0.283 e. The van der Waals surface area contributed by atoms with Gasteiger partial charge in [-0.2, -0.15) is 0 Å². The minimum absolute atomic E-state index is 0.0600. The minimum atomic E-state index is -3.40. The normalized spacial score (nSPS) is 12.4. The van der Waals surface area contributed by atoms with Gasteiger partial charge < -0.3 is 0 Å². The zero-order valence-corrected chi connectivity index (χ0v) is 11.5. The number of hydrogen-bond donors (Lipinski definition) is 1. The van der Waals surface area contributed by atoms with E-state index in [1.54, 1.807) is 13.0 Å². The summed E-state index contributed by atoms with van der Waals surface area (Å²) in [5, 5.41) is 0. The molecule has 7 heteroatoms. The second-order valence-electron chi connectivity index (χ2n) is 3.75. The van der Waals surface area contributed by atoms with E-state index in [1.807, 2.05) is 0 Å². The topological polar surface area (TPSA) is 80.3 Å². The Morgan fingerprint density at radius 2 is 1.76 bits per heavy atom. The van der Waals surface area contributed by atoms with E-state index in [0.29, 0.717) is 11.3 Å². The van der Waals surface area contributed by atoms with Crippen LogP contribution in [0.25, 0.3) is 0 Å². The fourth-order valence-corrected chi connectivity index (χ4v) is 2.53. The summed E-state index contributed by atoms with van der Waals surface area (Å²) >= 11 is 0. The first kappa shape index (κ1) is 14.0. The highest BCUT2D eigenvalue weighted by Crippen LogP contribution is 2.21. The Labute approximate surface area is 102 Å². The molecule has 1 aromatic rings. The Kier molecular flexibility index (Phi) is 3.83. The molecule has 0 spiro atoms. The molecule has 5 nitrogen and oxygen atoms in total. The molecule has 0 amide bonds. The molecule has 0 aliphatic heterocycles. The summed E-state index contributed by atoms with van der Waals surface area (Å²) in [4.78, 5) is 0.0944. The maximum atomic E-state index is 11.4. The van der Waals surface area contributed by atoms with Crippen molar-refractivity contribution in [3.05, 3.63) is 23.8 Å². The van der Waals surface area contributed by atoms with Crippen LogP contribution in [0, 0.1) is 6.92 Å². The van der Waals surface area contributed by atoms with Crippen molar-refractivity contribution >= 4 is 25.5 Å². The zero-order valence-electron chi connectivity index (χ0n) is 9.89. The average molecular weight is 277 g/mol. The number of aryl methyl sites for hydroxylation is 1. The van der Waals surface area contributed by atoms with Gasteiger partial charge in [0, 0.05) is 6.26 Å². The van der Waals surface area contributed by atoms with Crippen molar-refractivity contribution < 1.29 is 16.8 Å². The Balaban J connectivity index is 3.26. The summed E-state index contributed by atoms with van der Waals surface area (Å²) in [5.41, 5.74) is 0.976. The molecule has 0 saturated heterocycles. The first-order valence-electron chi connectivity index (χ1n) is 4.97. The van der Waals surface area contributed by atoms with Gasteiger partial charge in [-0.1, -0.05) is 6.07 Å². The lowest BCUT2D eigenvalue weighted by Gasteiger charge is -2.10. The predicted octanol–water partition coefficient (Wildman–Crippen LogP) is 1.16. The van der Waals surface area contributed by atoms with Crippen molar-refractivity contribution in [3.63, 3.8) is 0 Å². The summed E-state index contributed by atoms with van der Waals surface area (Å²) in [6.45, 7) is 3.22. The number of sulfonamides is 1. The van der Waals surface area contributed by atoms with Gasteiger partial charge in [-0.25, -0.2) is 16.8 Å². The fourth-order valence-electron chi connectivity index (χ4n) is 1.18. The van der Waals surface area contributed by atoms with E-state index < -0.39 is 19.9 Å². The standard InChI is InChI=1S/C10H15NO4S2/c1-4-17(14,15)11-10-7-9(16(3,12)13)6-5-8(10)2/h5-7,11H,4H2,1-3H3. The monoisotopic (exact) mass is 277 g/mol. The van der Waals surface area contributed by atoms with Crippen LogP contribution in [-0.4, -0.2) is 28.8 Å². The molecule has 0 fully saturated rings. The molecule has 0 radical (unpaired) electrons. The first-order valence-corrected chi connectivity index (χ1v) is 8.51. The molecule has 1 N–H and O–H groups in total. The summed E-state index contributed by atoms with van der Waals surface area (Å²) in [5.74, 6) is -0.0600. The van der Waals surface area contributed by atoms with Crippen LogP contribution in [0.5, 0.6) is 0 Å². The second-order valence-corrected chi connectivity index (χ2v) is 7.78. The first-order chi connectivity index (χ1) is 7.65. The molecule has 0 heterocycles. The Bertz CT molecular complexity index is 618. The van der Waals surface area contributed by atoms with Crippen molar-refractivity contribution in [2.75, 3.05) is 16.7 Å². The molecule has 1 aromatic carbocycles. The van der Waals surface area contributed by atoms with E-state index in [9.17, 15) is 16.8 Å². The van der Waals surface area contributed by atoms with Crippen molar-refractivity contribution in [2.24, 2.45) is 0 Å².